The molecule has 31 heavy (non-hydrogen) atoms. The second-order valence-corrected chi connectivity index (χ2v) is 9.06. The van der Waals surface area contributed by atoms with Gasteiger partial charge >= 0.3 is 5.97 Å². The van der Waals surface area contributed by atoms with Crippen LogP contribution in [0.1, 0.15) is 53.2 Å². The van der Waals surface area contributed by atoms with Gasteiger partial charge in [-0.05, 0) is 56.9 Å². The van der Waals surface area contributed by atoms with Gasteiger partial charge in [0.05, 0.1) is 10.8 Å². The average molecular weight is 437 g/mol. The minimum Gasteiger partial charge on any atom is -0.459 e. The van der Waals surface area contributed by atoms with Crippen molar-refractivity contribution in [3.05, 3.63) is 90.0 Å². The van der Waals surface area contributed by atoms with Crippen LogP contribution in [0.25, 0.3) is 0 Å². The van der Waals surface area contributed by atoms with Gasteiger partial charge in [0.15, 0.2) is 5.78 Å². The summed E-state index contributed by atoms with van der Waals surface area (Å²) in [5, 5.41) is -0.204. The summed E-state index contributed by atoms with van der Waals surface area (Å²) < 4.78 is 5.60. The number of ketones is 1. The highest BCUT2D eigenvalue weighted by atomic mass is 32.2. The molecule has 0 fully saturated rings. The van der Waals surface area contributed by atoms with E-state index in [1.54, 1.807) is 17.8 Å². The van der Waals surface area contributed by atoms with Crippen LogP contribution < -0.4 is 0 Å². The lowest BCUT2D eigenvalue weighted by molar-refractivity contribution is -0.118. The molecule has 2 unspecified atom stereocenters. The van der Waals surface area contributed by atoms with Gasteiger partial charge in [0.1, 0.15) is 6.10 Å². The summed E-state index contributed by atoms with van der Waals surface area (Å²) in [6.45, 7) is 13.2. The zero-order valence-corrected chi connectivity index (χ0v) is 19.5. The van der Waals surface area contributed by atoms with Gasteiger partial charge in [0.25, 0.3) is 0 Å². The number of benzene rings is 2. The van der Waals surface area contributed by atoms with Crippen LogP contribution in [0.15, 0.2) is 72.7 Å². The topological polar surface area (TPSA) is 43.4 Å². The van der Waals surface area contributed by atoms with Crippen molar-refractivity contribution in [3.63, 3.8) is 0 Å². The average Bonchev–Trinajstić information content (AvgIpc) is 2.71. The molecule has 0 saturated heterocycles. The summed E-state index contributed by atoms with van der Waals surface area (Å²) in [5.41, 5.74) is 3.09. The molecule has 2 atom stereocenters. The van der Waals surface area contributed by atoms with E-state index < -0.39 is 0 Å². The number of carbonyl (C=O) groups is 2. The first-order valence-corrected chi connectivity index (χ1v) is 11.5. The van der Waals surface area contributed by atoms with Crippen LogP contribution in [0.3, 0.4) is 0 Å². The van der Waals surface area contributed by atoms with Gasteiger partial charge in [-0.25, -0.2) is 4.79 Å². The number of Topliss-reactive ketones (excluding diaryl/α,β-unsaturated/α-hetero) is 1. The maximum Gasteiger partial charge on any atom is 0.338 e. The van der Waals surface area contributed by atoms with Crippen molar-refractivity contribution in [2.75, 3.05) is 0 Å². The minimum atomic E-state index is -0.381. The Kier molecular flexibility index (Phi) is 9.80. The predicted molar refractivity (Wildman–Crippen MR) is 130 cm³/mol. The van der Waals surface area contributed by atoms with Crippen molar-refractivity contribution < 1.29 is 14.3 Å². The number of allylic oxidation sites excluding steroid dienone is 1. The van der Waals surface area contributed by atoms with E-state index in [2.05, 4.69) is 13.2 Å². The molecule has 0 saturated carbocycles. The van der Waals surface area contributed by atoms with Gasteiger partial charge in [0, 0.05) is 17.7 Å². The molecule has 0 aromatic heterocycles. The number of rotatable bonds is 12. The molecule has 0 aliphatic heterocycles. The summed E-state index contributed by atoms with van der Waals surface area (Å²) in [7, 11) is 0. The van der Waals surface area contributed by atoms with Crippen LogP contribution in [0.5, 0.6) is 0 Å². The van der Waals surface area contributed by atoms with Crippen LogP contribution in [0.2, 0.25) is 0 Å². The number of esters is 1. The quantitative estimate of drug-likeness (QED) is 0.212. The van der Waals surface area contributed by atoms with Gasteiger partial charge in [0.2, 0.25) is 0 Å². The Bertz CT molecular complexity index is 918. The molecule has 0 radical (unpaired) electrons. The van der Waals surface area contributed by atoms with E-state index in [1.807, 2.05) is 69.3 Å². The Morgan fingerprint density at radius 3 is 2.45 bits per heavy atom. The Morgan fingerprint density at radius 1 is 1.10 bits per heavy atom. The Balaban J connectivity index is 2.28. The van der Waals surface area contributed by atoms with Crippen LogP contribution in [0.4, 0.5) is 0 Å². The third-order valence-electron chi connectivity index (χ3n) is 4.95. The van der Waals surface area contributed by atoms with E-state index in [0.29, 0.717) is 18.4 Å². The number of aryl methyl sites for hydroxylation is 2. The first-order valence-electron chi connectivity index (χ1n) is 10.6. The van der Waals surface area contributed by atoms with Gasteiger partial charge in [-0.15, -0.1) is 24.9 Å². The lowest BCUT2D eigenvalue weighted by Gasteiger charge is -2.19. The second-order valence-electron chi connectivity index (χ2n) is 7.78. The van der Waals surface area contributed by atoms with Gasteiger partial charge < -0.3 is 4.74 Å². The number of hydrogen-bond donors (Lipinski definition) is 0. The summed E-state index contributed by atoms with van der Waals surface area (Å²) in [6.07, 6.45) is 5.57. The molecular formula is C27H32O3S. The lowest BCUT2D eigenvalue weighted by Crippen LogP contribution is -2.22. The largest absolute Gasteiger partial charge is 0.459 e. The molecular weight excluding hydrogens is 404 g/mol. The molecule has 2 aromatic carbocycles. The van der Waals surface area contributed by atoms with Crippen LogP contribution in [0, 0.1) is 13.8 Å². The fourth-order valence-corrected chi connectivity index (χ4v) is 4.64. The van der Waals surface area contributed by atoms with Gasteiger partial charge in [-0.1, -0.05) is 48.0 Å². The summed E-state index contributed by atoms with van der Waals surface area (Å²) in [5.74, 6) is -0.276. The third-order valence-corrected chi connectivity index (χ3v) is 6.28. The molecule has 2 aromatic rings. The molecule has 0 aliphatic carbocycles. The molecule has 0 spiro atoms. The summed E-state index contributed by atoms with van der Waals surface area (Å²) in [6, 6.07) is 13.8. The van der Waals surface area contributed by atoms with E-state index in [0.717, 1.165) is 28.0 Å². The number of ether oxygens (including phenoxy) is 1. The Labute approximate surface area is 190 Å². The smallest absolute Gasteiger partial charge is 0.338 e. The van der Waals surface area contributed by atoms with Crippen molar-refractivity contribution in [1.29, 1.82) is 0 Å². The Hall–Kier alpha value is -2.59. The van der Waals surface area contributed by atoms with E-state index in [-0.39, 0.29) is 29.5 Å². The molecule has 0 heterocycles. The van der Waals surface area contributed by atoms with Crippen molar-refractivity contribution in [2.45, 2.75) is 62.7 Å². The molecule has 0 N–H and O–H groups in total. The standard InChI is InChI=1S/C27H32O3S/c1-6-8-15-25(31-23-13-10-9-11-14-23)24(28)18-22-17-19(3)16-20(4)26(22)27(29)30-21(5)12-7-2/h6-7,9-11,13-14,16-17,21,25H,1-2,8,12,15,18H2,3-5H3. The van der Waals surface area contributed by atoms with E-state index in [4.69, 9.17) is 4.74 Å². The molecule has 164 valence electrons. The first kappa shape index (κ1) is 24.7. The maximum atomic E-state index is 13.3. The summed E-state index contributed by atoms with van der Waals surface area (Å²) >= 11 is 1.57. The molecule has 0 aliphatic rings. The fourth-order valence-electron chi connectivity index (χ4n) is 3.53. The summed E-state index contributed by atoms with van der Waals surface area (Å²) in [4.78, 5) is 27.3. The minimum absolute atomic E-state index is 0.105. The van der Waals surface area contributed by atoms with Crippen LogP contribution in [-0.4, -0.2) is 23.1 Å². The highest BCUT2D eigenvalue weighted by molar-refractivity contribution is 8.00. The first-order chi connectivity index (χ1) is 14.8. The highest BCUT2D eigenvalue weighted by Crippen LogP contribution is 2.29. The predicted octanol–water partition coefficient (Wildman–Crippen LogP) is 6.66. The zero-order valence-electron chi connectivity index (χ0n) is 18.7. The van der Waals surface area contributed by atoms with E-state index >= 15 is 0 Å². The number of hydrogen-bond acceptors (Lipinski definition) is 4. The number of thioether (sulfide) groups is 1. The van der Waals surface area contributed by atoms with Crippen molar-refractivity contribution in [1.82, 2.24) is 0 Å². The van der Waals surface area contributed by atoms with Crippen molar-refractivity contribution in [3.8, 4) is 0 Å². The van der Waals surface area contributed by atoms with Gasteiger partial charge in [-0.3, -0.25) is 4.79 Å². The molecule has 0 amide bonds. The lowest BCUT2D eigenvalue weighted by atomic mass is 9.94. The van der Waals surface area contributed by atoms with E-state index in [9.17, 15) is 9.59 Å². The molecule has 2 rings (SSSR count). The highest BCUT2D eigenvalue weighted by Gasteiger charge is 2.24. The second kappa shape index (κ2) is 12.3. The normalized spacial score (nSPS) is 12.6. The monoisotopic (exact) mass is 436 g/mol. The zero-order chi connectivity index (χ0) is 22.8. The Morgan fingerprint density at radius 2 is 1.81 bits per heavy atom. The number of carbonyl (C=O) groups excluding carboxylic acids is 2. The molecule has 4 heteroatoms. The molecule has 3 nitrogen and oxygen atoms in total. The van der Waals surface area contributed by atoms with Crippen molar-refractivity contribution in [2.24, 2.45) is 0 Å². The van der Waals surface area contributed by atoms with Gasteiger partial charge in [-0.2, -0.15) is 0 Å². The fraction of sp³-hybridized carbons (Fsp3) is 0.333. The van der Waals surface area contributed by atoms with Crippen LogP contribution >= 0.6 is 11.8 Å². The SMILES string of the molecule is C=CCCC(Sc1ccccc1)C(=O)Cc1cc(C)cc(C)c1C(=O)OC(C)CC=C. The maximum absolute atomic E-state index is 13.3. The van der Waals surface area contributed by atoms with Crippen molar-refractivity contribution >= 4 is 23.5 Å². The van der Waals surface area contributed by atoms with Crippen LogP contribution in [-0.2, 0) is 16.0 Å². The molecule has 0 bridgehead atoms. The van der Waals surface area contributed by atoms with E-state index in [1.165, 1.54) is 0 Å². The third kappa shape index (κ3) is 7.55.